The second kappa shape index (κ2) is 6.60. The molecule has 0 aromatic heterocycles. The van der Waals surface area contributed by atoms with E-state index >= 15 is 0 Å². The first-order valence-electron chi connectivity index (χ1n) is 7.80. The zero-order valence-electron chi connectivity index (χ0n) is 12.0. The number of rotatable bonds is 4. The molecule has 0 unspecified atom stereocenters. The van der Waals surface area contributed by atoms with E-state index in [1.54, 1.807) is 0 Å². The normalized spacial score (nSPS) is 16.0. The fraction of sp³-hybridized carbons (Fsp3) is 0.368. The zero-order valence-corrected chi connectivity index (χ0v) is 12.0. The van der Waals surface area contributed by atoms with Crippen LogP contribution >= 0.6 is 0 Å². The number of para-hydroxylation sites is 1. The van der Waals surface area contributed by atoms with E-state index < -0.39 is 0 Å². The molecular weight excluding hydrogens is 242 g/mol. The van der Waals surface area contributed by atoms with Crippen LogP contribution in [0.4, 0.5) is 5.69 Å². The van der Waals surface area contributed by atoms with E-state index in [-0.39, 0.29) is 0 Å². The maximum absolute atomic E-state index is 3.77. The van der Waals surface area contributed by atoms with Crippen LogP contribution in [0.5, 0.6) is 0 Å². The molecule has 0 aliphatic heterocycles. The molecule has 0 bridgehead atoms. The van der Waals surface area contributed by atoms with E-state index in [0.717, 1.165) is 6.42 Å². The minimum absolute atomic E-state index is 0.667. The highest BCUT2D eigenvalue weighted by molar-refractivity contribution is 5.53. The third-order valence-corrected chi connectivity index (χ3v) is 4.22. The molecule has 1 saturated carbocycles. The molecule has 2 aromatic rings. The highest BCUT2D eigenvalue weighted by Gasteiger charge is 2.14. The van der Waals surface area contributed by atoms with E-state index in [4.69, 9.17) is 0 Å². The number of hydrogen-bond donors (Lipinski definition) is 1. The van der Waals surface area contributed by atoms with Crippen molar-refractivity contribution in [3.05, 3.63) is 65.7 Å². The van der Waals surface area contributed by atoms with Gasteiger partial charge in [-0.15, -0.1) is 0 Å². The summed E-state index contributed by atoms with van der Waals surface area (Å²) >= 11 is 0. The van der Waals surface area contributed by atoms with Gasteiger partial charge in [-0.25, -0.2) is 0 Å². The van der Waals surface area contributed by atoms with Gasteiger partial charge in [-0.1, -0.05) is 67.8 Å². The summed E-state index contributed by atoms with van der Waals surface area (Å²) in [5.41, 5.74) is 4.11. The highest BCUT2D eigenvalue weighted by Crippen LogP contribution is 2.25. The van der Waals surface area contributed by atoms with Gasteiger partial charge in [-0.3, -0.25) is 0 Å². The van der Waals surface area contributed by atoms with Crippen LogP contribution in [0.3, 0.4) is 0 Å². The Labute approximate surface area is 122 Å². The summed E-state index contributed by atoms with van der Waals surface area (Å²) < 4.78 is 0. The Bertz CT molecular complexity index is 526. The van der Waals surface area contributed by atoms with Crippen molar-refractivity contribution < 1.29 is 0 Å². The van der Waals surface area contributed by atoms with Gasteiger partial charge < -0.3 is 5.32 Å². The molecule has 1 nitrogen and oxygen atoms in total. The first-order valence-corrected chi connectivity index (χ1v) is 7.80. The fourth-order valence-electron chi connectivity index (χ4n) is 3.10. The van der Waals surface area contributed by atoms with Gasteiger partial charge in [0.15, 0.2) is 0 Å². The van der Waals surface area contributed by atoms with Gasteiger partial charge >= 0.3 is 0 Å². The van der Waals surface area contributed by atoms with Crippen molar-refractivity contribution in [2.24, 2.45) is 0 Å². The largest absolute Gasteiger partial charge is 0.382 e. The predicted molar refractivity (Wildman–Crippen MR) is 86.2 cm³/mol. The van der Waals surface area contributed by atoms with Crippen molar-refractivity contribution in [2.75, 3.05) is 5.32 Å². The third-order valence-electron chi connectivity index (χ3n) is 4.22. The maximum atomic E-state index is 3.77. The Morgan fingerprint density at radius 2 is 1.50 bits per heavy atom. The highest BCUT2D eigenvalue weighted by atomic mass is 14.9. The summed E-state index contributed by atoms with van der Waals surface area (Å²) in [7, 11) is 0. The van der Waals surface area contributed by atoms with E-state index in [9.17, 15) is 0 Å². The van der Waals surface area contributed by atoms with Crippen molar-refractivity contribution in [1.82, 2.24) is 0 Å². The van der Waals surface area contributed by atoms with Crippen molar-refractivity contribution in [1.29, 1.82) is 0 Å². The van der Waals surface area contributed by atoms with E-state index in [0.29, 0.717) is 6.04 Å². The smallest absolute Gasteiger partial charge is 0.0378 e. The van der Waals surface area contributed by atoms with Crippen LogP contribution in [0.2, 0.25) is 0 Å². The molecule has 104 valence electrons. The number of anilines is 1. The van der Waals surface area contributed by atoms with Crippen molar-refractivity contribution in [3.63, 3.8) is 0 Å². The quantitative estimate of drug-likeness (QED) is 0.818. The Morgan fingerprint density at radius 1 is 0.800 bits per heavy atom. The number of hydrogen-bond acceptors (Lipinski definition) is 1. The Kier molecular flexibility index (Phi) is 4.37. The lowest BCUT2D eigenvalue weighted by Crippen LogP contribution is -2.22. The molecule has 1 aliphatic rings. The van der Waals surface area contributed by atoms with Crippen LogP contribution in [-0.2, 0) is 6.42 Å². The van der Waals surface area contributed by atoms with E-state index in [1.165, 1.54) is 48.9 Å². The molecule has 0 atom stereocenters. The fourth-order valence-corrected chi connectivity index (χ4v) is 3.10. The van der Waals surface area contributed by atoms with Gasteiger partial charge in [-0.05, 0) is 36.5 Å². The Balaban J connectivity index is 1.74. The standard InChI is InChI=1S/C19H23N/c1-3-9-16(10-4-1)15-17-11-7-8-14-19(17)20-18-12-5-2-6-13-18/h1,3-4,7-11,14,18,20H,2,5-6,12-13,15H2. The molecule has 1 heteroatoms. The summed E-state index contributed by atoms with van der Waals surface area (Å²) in [6.07, 6.45) is 7.80. The van der Waals surface area contributed by atoms with Gasteiger partial charge in [0.05, 0.1) is 0 Å². The molecule has 1 N–H and O–H groups in total. The van der Waals surface area contributed by atoms with Crippen LogP contribution in [0.25, 0.3) is 0 Å². The lowest BCUT2D eigenvalue weighted by molar-refractivity contribution is 0.462. The van der Waals surface area contributed by atoms with Crippen LogP contribution in [0, 0.1) is 0 Å². The molecule has 0 radical (unpaired) electrons. The van der Waals surface area contributed by atoms with E-state index in [1.807, 2.05) is 0 Å². The molecule has 0 amide bonds. The van der Waals surface area contributed by atoms with Crippen LogP contribution in [0.15, 0.2) is 54.6 Å². The minimum atomic E-state index is 0.667. The lowest BCUT2D eigenvalue weighted by atomic mass is 9.94. The molecule has 2 aromatic carbocycles. The Morgan fingerprint density at radius 3 is 2.30 bits per heavy atom. The van der Waals surface area contributed by atoms with Gasteiger partial charge in [0.1, 0.15) is 0 Å². The summed E-state index contributed by atoms with van der Waals surface area (Å²) in [4.78, 5) is 0. The average Bonchev–Trinajstić information content (AvgIpc) is 2.51. The van der Waals surface area contributed by atoms with Gasteiger partial charge in [0.2, 0.25) is 0 Å². The molecular formula is C19H23N. The van der Waals surface area contributed by atoms with E-state index in [2.05, 4.69) is 59.9 Å². The van der Waals surface area contributed by atoms with Crippen molar-refractivity contribution >= 4 is 5.69 Å². The Hall–Kier alpha value is -1.76. The molecule has 0 saturated heterocycles. The summed E-state index contributed by atoms with van der Waals surface area (Å²) in [6.45, 7) is 0. The number of nitrogens with one attached hydrogen (secondary N) is 1. The third kappa shape index (κ3) is 3.41. The lowest BCUT2D eigenvalue weighted by Gasteiger charge is -2.25. The molecule has 0 spiro atoms. The first kappa shape index (κ1) is 13.2. The monoisotopic (exact) mass is 265 g/mol. The number of benzene rings is 2. The minimum Gasteiger partial charge on any atom is -0.382 e. The molecule has 1 aliphatic carbocycles. The second-order valence-electron chi connectivity index (χ2n) is 5.80. The first-order chi connectivity index (χ1) is 9.92. The molecule has 20 heavy (non-hydrogen) atoms. The van der Waals surface area contributed by atoms with Gasteiger partial charge in [0, 0.05) is 11.7 Å². The van der Waals surface area contributed by atoms with Gasteiger partial charge in [0.25, 0.3) is 0 Å². The second-order valence-corrected chi connectivity index (χ2v) is 5.80. The molecule has 1 fully saturated rings. The molecule has 3 rings (SSSR count). The SMILES string of the molecule is c1ccc(Cc2ccccc2NC2CCCCC2)cc1. The van der Waals surface area contributed by atoms with Gasteiger partial charge in [-0.2, -0.15) is 0 Å². The summed E-state index contributed by atoms with van der Waals surface area (Å²) in [6, 6.07) is 20.2. The maximum Gasteiger partial charge on any atom is 0.0378 e. The van der Waals surface area contributed by atoms with Crippen LogP contribution in [0.1, 0.15) is 43.2 Å². The topological polar surface area (TPSA) is 12.0 Å². The van der Waals surface area contributed by atoms with Crippen molar-refractivity contribution in [3.8, 4) is 0 Å². The summed E-state index contributed by atoms with van der Waals surface area (Å²) in [5, 5.41) is 3.77. The predicted octanol–water partition coefficient (Wildman–Crippen LogP) is 5.02. The molecule has 0 heterocycles. The zero-order chi connectivity index (χ0) is 13.6. The van der Waals surface area contributed by atoms with Crippen LogP contribution in [-0.4, -0.2) is 6.04 Å². The van der Waals surface area contributed by atoms with Crippen LogP contribution < -0.4 is 5.32 Å². The van der Waals surface area contributed by atoms with Crippen molar-refractivity contribution in [2.45, 2.75) is 44.6 Å². The summed E-state index contributed by atoms with van der Waals surface area (Å²) in [5.74, 6) is 0. The average molecular weight is 265 g/mol.